The van der Waals surface area contributed by atoms with Crippen molar-refractivity contribution in [3.05, 3.63) is 27.8 Å². The van der Waals surface area contributed by atoms with Crippen molar-refractivity contribution in [2.45, 2.75) is 19.3 Å². The molecule has 0 fully saturated rings. The van der Waals surface area contributed by atoms with Gasteiger partial charge in [0.1, 0.15) is 5.84 Å². The molecule has 0 unspecified atom stereocenters. The smallest absolute Gasteiger partial charge is 0.101 e. The number of anilines is 1. The summed E-state index contributed by atoms with van der Waals surface area (Å²) >= 11 is 2.31. The monoisotopic (exact) mass is 300 g/mol. The zero-order valence-electron chi connectivity index (χ0n) is 7.96. The average molecular weight is 300 g/mol. The number of benzene rings is 1. The zero-order chi connectivity index (χ0) is 9.80. The molecule has 0 saturated carbocycles. The molecule has 0 bridgehead atoms. The summed E-state index contributed by atoms with van der Waals surface area (Å²) in [7, 11) is 0. The fraction of sp³-hybridized carbons (Fsp3) is 0.364. The highest BCUT2D eigenvalue weighted by molar-refractivity contribution is 14.1. The minimum absolute atomic E-state index is 0.979. The van der Waals surface area contributed by atoms with E-state index >= 15 is 0 Å². The molecule has 0 aliphatic carbocycles. The molecule has 0 aromatic heterocycles. The van der Waals surface area contributed by atoms with Crippen LogP contribution >= 0.6 is 22.6 Å². The van der Waals surface area contributed by atoms with Gasteiger partial charge in [-0.3, -0.25) is 4.99 Å². The Morgan fingerprint density at radius 3 is 2.57 bits per heavy atom. The Hall–Kier alpha value is -0.580. The summed E-state index contributed by atoms with van der Waals surface area (Å²) in [6.45, 7) is 0.979. The third kappa shape index (κ3) is 2.70. The van der Waals surface area contributed by atoms with Crippen molar-refractivity contribution in [3.8, 4) is 0 Å². The molecule has 0 radical (unpaired) electrons. The molecule has 1 aliphatic heterocycles. The van der Waals surface area contributed by atoms with Gasteiger partial charge in [-0.2, -0.15) is 0 Å². The molecule has 1 aliphatic rings. The lowest BCUT2D eigenvalue weighted by Gasteiger charge is -2.13. The Kier molecular flexibility index (Phi) is 3.39. The van der Waals surface area contributed by atoms with Gasteiger partial charge in [0.15, 0.2) is 0 Å². The molecule has 2 rings (SSSR count). The Labute approximate surface area is 98.0 Å². The van der Waals surface area contributed by atoms with Crippen LogP contribution in [0.5, 0.6) is 0 Å². The van der Waals surface area contributed by atoms with E-state index in [-0.39, 0.29) is 0 Å². The summed E-state index contributed by atoms with van der Waals surface area (Å²) in [4.78, 5) is 4.45. The molecular weight excluding hydrogens is 287 g/mol. The minimum atomic E-state index is 0.979. The second kappa shape index (κ2) is 4.77. The first kappa shape index (κ1) is 9.96. The van der Waals surface area contributed by atoms with Crippen LogP contribution in [0.15, 0.2) is 29.3 Å². The van der Waals surface area contributed by atoms with E-state index in [1.807, 2.05) is 0 Å². The van der Waals surface area contributed by atoms with Crippen molar-refractivity contribution in [1.29, 1.82) is 0 Å². The average Bonchev–Trinajstić information content (AvgIpc) is 2.23. The Morgan fingerprint density at radius 2 is 1.93 bits per heavy atom. The van der Waals surface area contributed by atoms with Crippen LogP contribution in [0, 0.1) is 3.57 Å². The highest BCUT2D eigenvalue weighted by Gasteiger charge is 2.04. The van der Waals surface area contributed by atoms with E-state index < -0.39 is 0 Å². The maximum atomic E-state index is 4.45. The molecule has 1 aromatic rings. The standard InChI is InChI=1S/C11H13IN2/c12-9-4-6-10(7-5-9)14-11-3-1-2-8-13-11/h4-7H,1-3,8H2,(H,13,14). The highest BCUT2D eigenvalue weighted by atomic mass is 127. The van der Waals surface area contributed by atoms with Gasteiger partial charge in [-0.25, -0.2) is 0 Å². The second-order valence-corrected chi connectivity index (χ2v) is 4.66. The summed E-state index contributed by atoms with van der Waals surface area (Å²) in [6.07, 6.45) is 3.58. The van der Waals surface area contributed by atoms with Gasteiger partial charge >= 0.3 is 0 Å². The lowest BCUT2D eigenvalue weighted by atomic mass is 10.2. The van der Waals surface area contributed by atoms with E-state index in [2.05, 4.69) is 57.2 Å². The van der Waals surface area contributed by atoms with Crippen molar-refractivity contribution < 1.29 is 0 Å². The highest BCUT2D eigenvalue weighted by Crippen LogP contribution is 2.13. The lowest BCUT2D eigenvalue weighted by Crippen LogP contribution is -2.15. The van der Waals surface area contributed by atoms with Crippen LogP contribution in [-0.2, 0) is 0 Å². The molecule has 1 aromatic carbocycles. The first-order valence-electron chi connectivity index (χ1n) is 4.90. The minimum Gasteiger partial charge on any atom is -0.344 e. The lowest BCUT2D eigenvalue weighted by molar-refractivity contribution is 0.737. The van der Waals surface area contributed by atoms with Crippen LogP contribution in [-0.4, -0.2) is 12.4 Å². The number of hydrogen-bond acceptors (Lipinski definition) is 2. The topological polar surface area (TPSA) is 24.4 Å². The van der Waals surface area contributed by atoms with Crippen molar-refractivity contribution >= 4 is 34.1 Å². The van der Waals surface area contributed by atoms with E-state index in [4.69, 9.17) is 0 Å². The van der Waals surface area contributed by atoms with Gasteiger partial charge in [0.05, 0.1) is 0 Å². The van der Waals surface area contributed by atoms with E-state index in [9.17, 15) is 0 Å². The molecule has 1 heterocycles. The van der Waals surface area contributed by atoms with Gasteiger partial charge in [0.2, 0.25) is 0 Å². The number of rotatable bonds is 1. The fourth-order valence-electron chi connectivity index (χ4n) is 1.50. The van der Waals surface area contributed by atoms with Gasteiger partial charge in [-0.1, -0.05) is 0 Å². The molecule has 1 N–H and O–H groups in total. The molecule has 0 atom stereocenters. The SMILES string of the molecule is Ic1ccc(NC2=NCCCC2)cc1. The normalized spacial score (nSPS) is 16.2. The molecule has 74 valence electrons. The fourth-order valence-corrected chi connectivity index (χ4v) is 1.86. The molecule has 2 nitrogen and oxygen atoms in total. The Bertz CT molecular complexity index is 330. The summed E-state index contributed by atoms with van der Waals surface area (Å²) in [6, 6.07) is 8.40. The van der Waals surface area contributed by atoms with Gasteiger partial charge in [-0.05, 0) is 59.7 Å². The number of amidine groups is 1. The van der Waals surface area contributed by atoms with E-state index in [1.165, 1.54) is 16.4 Å². The van der Waals surface area contributed by atoms with E-state index in [1.54, 1.807) is 0 Å². The molecule has 3 heteroatoms. The van der Waals surface area contributed by atoms with Gasteiger partial charge in [-0.15, -0.1) is 0 Å². The van der Waals surface area contributed by atoms with Gasteiger partial charge < -0.3 is 5.32 Å². The number of nitrogens with zero attached hydrogens (tertiary/aromatic N) is 1. The zero-order valence-corrected chi connectivity index (χ0v) is 10.1. The van der Waals surface area contributed by atoms with Gasteiger partial charge in [0, 0.05) is 22.2 Å². The quantitative estimate of drug-likeness (QED) is 0.791. The summed E-state index contributed by atoms with van der Waals surface area (Å²) in [5, 5.41) is 3.35. The van der Waals surface area contributed by atoms with Crippen molar-refractivity contribution in [2.75, 3.05) is 11.9 Å². The molecule has 0 amide bonds. The predicted molar refractivity (Wildman–Crippen MR) is 68.9 cm³/mol. The summed E-state index contributed by atoms with van der Waals surface area (Å²) in [5.74, 6) is 1.14. The Balaban J connectivity index is 2.03. The predicted octanol–water partition coefficient (Wildman–Crippen LogP) is 3.29. The van der Waals surface area contributed by atoms with Crippen molar-refractivity contribution in [2.24, 2.45) is 4.99 Å². The summed E-state index contributed by atoms with van der Waals surface area (Å²) in [5.41, 5.74) is 1.14. The van der Waals surface area contributed by atoms with Crippen LogP contribution in [0.25, 0.3) is 0 Å². The number of halogens is 1. The van der Waals surface area contributed by atoms with E-state index in [0.717, 1.165) is 24.5 Å². The largest absolute Gasteiger partial charge is 0.344 e. The second-order valence-electron chi connectivity index (χ2n) is 3.42. The number of nitrogens with one attached hydrogen (secondary N) is 1. The van der Waals surface area contributed by atoms with Crippen LogP contribution in [0.4, 0.5) is 5.69 Å². The van der Waals surface area contributed by atoms with Crippen molar-refractivity contribution in [1.82, 2.24) is 0 Å². The summed E-state index contributed by atoms with van der Waals surface area (Å²) < 4.78 is 1.26. The van der Waals surface area contributed by atoms with Crippen LogP contribution in [0.2, 0.25) is 0 Å². The molecule has 14 heavy (non-hydrogen) atoms. The van der Waals surface area contributed by atoms with Crippen LogP contribution in [0.3, 0.4) is 0 Å². The number of hydrogen-bond donors (Lipinski definition) is 1. The third-order valence-corrected chi connectivity index (χ3v) is 2.98. The maximum absolute atomic E-state index is 4.45. The van der Waals surface area contributed by atoms with E-state index in [0.29, 0.717) is 0 Å². The van der Waals surface area contributed by atoms with Crippen LogP contribution in [0.1, 0.15) is 19.3 Å². The first-order valence-corrected chi connectivity index (χ1v) is 5.98. The Morgan fingerprint density at radius 1 is 1.14 bits per heavy atom. The first-order chi connectivity index (χ1) is 6.84. The third-order valence-electron chi connectivity index (χ3n) is 2.26. The molecular formula is C11H13IN2. The van der Waals surface area contributed by atoms with Crippen LogP contribution < -0.4 is 5.32 Å². The van der Waals surface area contributed by atoms with Gasteiger partial charge in [0.25, 0.3) is 0 Å². The van der Waals surface area contributed by atoms with Crippen molar-refractivity contribution in [3.63, 3.8) is 0 Å². The maximum Gasteiger partial charge on any atom is 0.101 e. The molecule has 0 spiro atoms. The molecule has 0 saturated heterocycles. The number of aliphatic imine (C=N–C) groups is 1.